The molecule has 4 N–H and O–H groups in total. The summed E-state index contributed by atoms with van der Waals surface area (Å²) in [6, 6.07) is 4.07. The van der Waals surface area contributed by atoms with Gasteiger partial charge in [0.15, 0.2) is 0 Å². The van der Waals surface area contributed by atoms with Crippen LogP contribution in [0.5, 0.6) is 0 Å². The molecule has 0 aliphatic heterocycles. The van der Waals surface area contributed by atoms with Gasteiger partial charge in [0.25, 0.3) is 5.91 Å². The van der Waals surface area contributed by atoms with Crippen molar-refractivity contribution in [2.24, 2.45) is 0 Å². The number of carbonyl (C=O) groups excluding carboxylic acids is 2. The van der Waals surface area contributed by atoms with Gasteiger partial charge < -0.3 is 20.8 Å². The zero-order valence-electron chi connectivity index (χ0n) is 11.2. The number of alkyl halides is 1. The smallest absolute Gasteiger partial charge is 0.326 e. The van der Waals surface area contributed by atoms with Crippen molar-refractivity contribution in [3.63, 3.8) is 0 Å². The maximum absolute atomic E-state index is 11.9. The van der Waals surface area contributed by atoms with E-state index in [0.29, 0.717) is 5.69 Å². The second-order valence-electron chi connectivity index (χ2n) is 4.22. The molecule has 1 aromatic rings. The Morgan fingerprint density at radius 1 is 1.09 bits per heavy atom. The van der Waals surface area contributed by atoms with E-state index in [1.807, 2.05) is 0 Å². The number of hydrogen-bond acceptors (Lipinski definition) is 4. The summed E-state index contributed by atoms with van der Waals surface area (Å²) in [6.45, 7) is 0. The minimum atomic E-state index is -1.53. The summed E-state index contributed by atoms with van der Waals surface area (Å²) in [5.74, 6) is -4.14. The van der Waals surface area contributed by atoms with Crippen molar-refractivity contribution in [3.8, 4) is 0 Å². The van der Waals surface area contributed by atoms with Crippen LogP contribution in [0.25, 0.3) is 0 Å². The van der Waals surface area contributed by atoms with Crippen LogP contribution >= 0.6 is 11.6 Å². The molecule has 1 aromatic carbocycles. The van der Waals surface area contributed by atoms with Gasteiger partial charge in [-0.15, -0.1) is 11.6 Å². The number of carboxylic acid groups (broad SMARTS) is 2. The number of carbonyl (C=O) groups is 4. The van der Waals surface area contributed by atoms with Gasteiger partial charge in [-0.3, -0.25) is 14.4 Å². The fourth-order valence-corrected chi connectivity index (χ4v) is 1.58. The lowest BCUT2D eigenvalue weighted by Gasteiger charge is -2.12. The van der Waals surface area contributed by atoms with Gasteiger partial charge in [-0.25, -0.2) is 4.79 Å². The van der Waals surface area contributed by atoms with Gasteiger partial charge in [-0.1, -0.05) is 0 Å². The summed E-state index contributed by atoms with van der Waals surface area (Å²) in [5, 5.41) is 22.0. The van der Waals surface area contributed by atoms with E-state index in [1.165, 1.54) is 24.3 Å². The normalized spacial score (nSPS) is 11.3. The number of rotatable bonds is 7. The van der Waals surface area contributed by atoms with Gasteiger partial charge >= 0.3 is 11.9 Å². The standard InChI is InChI=1S/C13H13ClN2O6/c14-6-10(17)15-8-3-1-7(2-4-8)12(20)16-9(13(21)22)5-11(18)19/h1-4,9H,5-6H2,(H,15,17)(H,16,20)(H,18,19)(H,21,22)/t9-/m0/s1. The monoisotopic (exact) mass is 328 g/mol. The average Bonchev–Trinajstić information content (AvgIpc) is 2.46. The molecule has 1 rings (SSSR count). The Morgan fingerprint density at radius 3 is 2.14 bits per heavy atom. The van der Waals surface area contributed by atoms with E-state index < -0.39 is 36.2 Å². The molecule has 0 saturated carbocycles. The van der Waals surface area contributed by atoms with Crippen LogP contribution in [0, 0.1) is 0 Å². The van der Waals surface area contributed by atoms with Crippen LogP contribution in [0.2, 0.25) is 0 Å². The van der Waals surface area contributed by atoms with Crippen molar-refractivity contribution in [3.05, 3.63) is 29.8 Å². The van der Waals surface area contributed by atoms with Crippen LogP contribution in [0.15, 0.2) is 24.3 Å². The first-order chi connectivity index (χ1) is 10.3. The number of benzene rings is 1. The molecule has 0 heterocycles. The zero-order chi connectivity index (χ0) is 16.7. The molecule has 22 heavy (non-hydrogen) atoms. The molecule has 0 aromatic heterocycles. The minimum Gasteiger partial charge on any atom is -0.481 e. The van der Waals surface area contributed by atoms with Crippen LogP contribution in [0.3, 0.4) is 0 Å². The predicted octanol–water partition coefficient (Wildman–Crippen LogP) is 0.522. The van der Waals surface area contributed by atoms with Crippen molar-refractivity contribution in [2.45, 2.75) is 12.5 Å². The number of carboxylic acids is 2. The number of aliphatic carboxylic acids is 2. The predicted molar refractivity (Wildman–Crippen MR) is 76.9 cm³/mol. The van der Waals surface area contributed by atoms with Crippen LogP contribution in [-0.4, -0.2) is 45.9 Å². The molecule has 9 heteroatoms. The van der Waals surface area contributed by atoms with Gasteiger partial charge in [0.1, 0.15) is 11.9 Å². The van der Waals surface area contributed by atoms with Gasteiger partial charge in [0.05, 0.1) is 6.42 Å². The van der Waals surface area contributed by atoms with Crippen LogP contribution in [-0.2, 0) is 14.4 Å². The van der Waals surface area contributed by atoms with E-state index in [4.69, 9.17) is 21.8 Å². The van der Waals surface area contributed by atoms with E-state index >= 15 is 0 Å². The third kappa shape index (κ3) is 5.41. The van der Waals surface area contributed by atoms with Gasteiger partial charge in [0, 0.05) is 11.3 Å². The number of hydrogen-bond donors (Lipinski definition) is 4. The molecule has 2 amide bonds. The summed E-state index contributed by atoms with van der Waals surface area (Å²) < 4.78 is 0. The van der Waals surface area contributed by atoms with Crippen molar-refractivity contribution >= 4 is 41.0 Å². The summed E-state index contributed by atoms with van der Waals surface area (Å²) in [4.78, 5) is 44.3. The van der Waals surface area contributed by atoms with Crippen molar-refractivity contribution in [1.29, 1.82) is 0 Å². The molecular formula is C13H13ClN2O6. The number of halogens is 1. The lowest BCUT2D eigenvalue weighted by molar-refractivity contribution is -0.145. The molecule has 0 radical (unpaired) electrons. The number of nitrogens with one attached hydrogen (secondary N) is 2. The SMILES string of the molecule is O=C(O)C[C@H](NC(=O)c1ccc(NC(=O)CCl)cc1)C(=O)O. The maximum atomic E-state index is 11.9. The summed E-state index contributed by atoms with van der Waals surface area (Å²) in [7, 11) is 0. The molecule has 0 bridgehead atoms. The first-order valence-corrected chi connectivity index (χ1v) is 6.58. The van der Waals surface area contributed by atoms with E-state index in [1.54, 1.807) is 0 Å². The number of amides is 2. The maximum Gasteiger partial charge on any atom is 0.326 e. The first kappa shape index (κ1) is 17.4. The highest BCUT2D eigenvalue weighted by molar-refractivity contribution is 6.29. The highest BCUT2D eigenvalue weighted by atomic mass is 35.5. The topological polar surface area (TPSA) is 133 Å². The lowest BCUT2D eigenvalue weighted by atomic mass is 10.1. The second-order valence-corrected chi connectivity index (χ2v) is 4.49. The fourth-order valence-electron chi connectivity index (χ4n) is 1.52. The van der Waals surface area contributed by atoms with Gasteiger partial charge in [-0.05, 0) is 24.3 Å². The Kier molecular flexibility index (Phi) is 6.33. The first-order valence-electron chi connectivity index (χ1n) is 6.05. The molecule has 0 aliphatic rings. The quantitative estimate of drug-likeness (QED) is 0.539. The summed E-state index contributed by atoms with van der Waals surface area (Å²) in [5.41, 5.74) is 0.544. The summed E-state index contributed by atoms with van der Waals surface area (Å²) in [6.07, 6.45) is -0.731. The molecule has 0 saturated heterocycles. The average molecular weight is 329 g/mol. The molecule has 0 fully saturated rings. The molecule has 118 valence electrons. The van der Waals surface area contributed by atoms with Gasteiger partial charge in [-0.2, -0.15) is 0 Å². The van der Waals surface area contributed by atoms with E-state index in [2.05, 4.69) is 10.6 Å². The van der Waals surface area contributed by atoms with Crippen molar-refractivity contribution < 1.29 is 29.4 Å². The molecule has 0 aliphatic carbocycles. The van der Waals surface area contributed by atoms with Crippen molar-refractivity contribution in [2.75, 3.05) is 11.2 Å². The lowest BCUT2D eigenvalue weighted by Crippen LogP contribution is -2.42. The highest BCUT2D eigenvalue weighted by Gasteiger charge is 2.23. The molecular weight excluding hydrogens is 316 g/mol. The molecule has 8 nitrogen and oxygen atoms in total. The molecule has 0 unspecified atom stereocenters. The van der Waals surface area contributed by atoms with E-state index in [9.17, 15) is 19.2 Å². The van der Waals surface area contributed by atoms with Crippen LogP contribution < -0.4 is 10.6 Å². The zero-order valence-corrected chi connectivity index (χ0v) is 12.0. The number of anilines is 1. The van der Waals surface area contributed by atoms with Crippen LogP contribution in [0.1, 0.15) is 16.8 Å². The second kappa shape index (κ2) is 7.99. The Hall–Kier alpha value is -2.61. The largest absolute Gasteiger partial charge is 0.481 e. The Morgan fingerprint density at radius 2 is 1.68 bits per heavy atom. The van der Waals surface area contributed by atoms with Crippen molar-refractivity contribution in [1.82, 2.24) is 5.32 Å². The highest BCUT2D eigenvalue weighted by Crippen LogP contribution is 2.10. The van der Waals surface area contributed by atoms with Gasteiger partial charge in [0.2, 0.25) is 5.91 Å². The third-order valence-corrected chi connectivity index (χ3v) is 2.78. The Balaban J connectivity index is 2.74. The summed E-state index contributed by atoms with van der Waals surface area (Å²) >= 11 is 5.33. The third-order valence-electron chi connectivity index (χ3n) is 2.53. The van der Waals surface area contributed by atoms with E-state index in [-0.39, 0.29) is 11.4 Å². The minimum absolute atomic E-state index is 0.125. The Labute approximate surface area is 130 Å². The molecule has 1 atom stereocenters. The molecule has 0 spiro atoms. The van der Waals surface area contributed by atoms with E-state index in [0.717, 1.165) is 0 Å². The Bertz CT molecular complexity index is 587. The van der Waals surface area contributed by atoms with Crippen LogP contribution in [0.4, 0.5) is 5.69 Å². The fraction of sp³-hybridized carbons (Fsp3) is 0.231.